The van der Waals surface area contributed by atoms with E-state index in [1.165, 1.54) is 14.7 Å². The summed E-state index contributed by atoms with van der Waals surface area (Å²) in [6.45, 7) is 2.29. The monoisotopic (exact) mass is 322 g/mol. The van der Waals surface area contributed by atoms with E-state index in [0.717, 1.165) is 6.42 Å². The van der Waals surface area contributed by atoms with E-state index in [1.54, 1.807) is 0 Å². The van der Waals surface area contributed by atoms with Crippen LogP contribution in [-0.4, -0.2) is 0 Å². The van der Waals surface area contributed by atoms with Gasteiger partial charge >= 0.3 is 0 Å². The van der Waals surface area contributed by atoms with E-state index in [0.29, 0.717) is 5.92 Å². The molecule has 0 nitrogen and oxygen atoms in total. The number of halogens is 1. The zero-order chi connectivity index (χ0) is 11.4. The summed E-state index contributed by atoms with van der Waals surface area (Å²) in [4.78, 5) is 0. The largest absolute Gasteiger partial charge is 0.0622 e. The molecule has 0 aliphatic carbocycles. The molecule has 0 amide bonds. The van der Waals surface area contributed by atoms with Gasteiger partial charge in [-0.25, -0.2) is 0 Å². The molecule has 82 valence electrons. The molecule has 0 bridgehead atoms. The lowest BCUT2D eigenvalue weighted by Gasteiger charge is -2.11. The summed E-state index contributed by atoms with van der Waals surface area (Å²) in [7, 11) is 0. The molecule has 0 heterocycles. The molecule has 1 unspecified atom stereocenters. The molecule has 16 heavy (non-hydrogen) atoms. The van der Waals surface area contributed by atoms with Crippen molar-refractivity contribution in [3.63, 3.8) is 0 Å². The second kappa shape index (κ2) is 5.48. The third kappa shape index (κ3) is 3.08. The number of hydrogen-bond acceptors (Lipinski definition) is 0. The molecule has 2 aromatic carbocycles. The van der Waals surface area contributed by atoms with Crippen LogP contribution in [0.5, 0.6) is 0 Å². The Morgan fingerprint density at radius 1 is 0.938 bits per heavy atom. The van der Waals surface area contributed by atoms with Gasteiger partial charge in [-0.05, 0) is 58.2 Å². The Bertz CT molecular complexity index is 431. The summed E-state index contributed by atoms with van der Waals surface area (Å²) in [5, 5.41) is 0. The van der Waals surface area contributed by atoms with E-state index in [2.05, 4.69) is 84.1 Å². The van der Waals surface area contributed by atoms with Gasteiger partial charge in [0.15, 0.2) is 0 Å². The zero-order valence-electron chi connectivity index (χ0n) is 9.36. The molecule has 0 aliphatic heterocycles. The highest BCUT2D eigenvalue weighted by Gasteiger charge is 2.05. The van der Waals surface area contributed by atoms with Gasteiger partial charge in [0.1, 0.15) is 0 Å². The van der Waals surface area contributed by atoms with Gasteiger partial charge in [-0.2, -0.15) is 0 Å². The van der Waals surface area contributed by atoms with Crippen molar-refractivity contribution in [1.82, 2.24) is 0 Å². The van der Waals surface area contributed by atoms with Crippen molar-refractivity contribution < 1.29 is 0 Å². The SMILES string of the molecule is CC(Cc1ccc(I)cc1)c1ccccc1. The van der Waals surface area contributed by atoms with Gasteiger partial charge in [-0.1, -0.05) is 49.4 Å². The summed E-state index contributed by atoms with van der Waals surface area (Å²) in [5.41, 5.74) is 2.83. The predicted octanol–water partition coefficient (Wildman–Crippen LogP) is 4.64. The van der Waals surface area contributed by atoms with E-state index in [9.17, 15) is 0 Å². The van der Waals surface area contributed by atoms with Crippen LogP contribution in [0.4, 0.5) is 0 Å². The summed E-state index contributed by atoms with van der Waals surface area (Å²) in [6, 6.07) is 19.5. The van der Waals surface area contributed by atoms with Crippen molar-refractivity contribution in [3.05, 3.63) is 69.3 Å². The number of rotatable bonds is 3. The third-order valence-corrected chi connectivity index (χ3v) is 3.54. The highest BCUT2D eigenvalue weighted by molar-refractivity contribution is 14.1. The standard InChI is InChI=1S/C15H15I/c1-12(14-5-3-2-4-6-14)11-13-7-9-15(16)10-8-13/h2-10,12H,11H2,1H3. The van der Waals surface area contributed by atoms with Crippen LogP contribution in [0.2, 0.25) is 0 Å². The Balaban J connectivity index is 2.08. The van der Waals surface area contributed by atoms with E-state index in [1.807, 2.05) is 0 Å². The van der Waals surface area contributed by atoms with Gasteiger partial charge in [0.2, 0.25) is 0 Å². The second-order valence-corrected chi connectivity index (χ2v) is 5.39. The Hall–Kier alpha value is -0.830. The Morgan fingerprint density at radius 3 is 2.19 bits per heavy atom. The molecule has 2 rings (SSSR count). The maximum absolute atomic E-state index is 2.34. The summed E-state index contributed by atoms with van der Waals surface area (Å²) >= 11 is 2.34. The van der Waals surface area contributed by atoms with Gasteiger partial charge in [0, 0.05) is 3.57 Å². The Labute approximate surface area is 111 Å². The Morgan fingerprint density at radius 2 is 1.56 bits per heavy atom. The lowest BCUT2D eigenvalue weighted by molar-refractivity contribution is 0.759. The Kier molecular flexibility index (Phi) is 3.99. The number of benzene rings is 2. The van der Waals surface area contributed by atoms with Crippen LogP contribution in [0, 0.1) is 3.57 Å². The van der Waals surface area contributed by atoms with Crippen molar-refractivity contribution in [2.75, 3.05) is 0 Å². The first-order valence-electron chi connectivity index (χ1n) is 5.55. The quantitative estimate of drug-likeness (QED) is 0.722. The molecule has 0 aromatic heterocycles. The molecule has 1 heteroatoms. The summed E-state index contributed by atoms with van der Waals surface area (Å²) < 4.78 is 1.30. The summed E-state index contributed by atoms with van der Waals surface area (Å²) in [6.07, 6.45) is 1.11. The van der Waals surface area contributed by atoms with Gasteiger partial charge < -0.3 is 0 Å². The maximum atomic E-state index is 2.34. The fourth-order valence-electron chi connectivity index (χ4n) is 1.87. The van der Waals surface area contributed by atoms with E-state index >= 15 is 0 Å². The molecular weight excluding hydrogens is 307 g/mol. The third-order valence-electron chi connectivity index (χ3n) is 2.82. The average Bonchev–Trinajstić information content (AvgIpc) is 2.33. The molecule has 0 fully saturated rings. The molecule has 0 saturated heterocycles. The molecule has 0 aliphatic rings. The predicted molar refractivity (Wildman–Crippen MR) is 77.7 cm³/mol. The normalized spacial score (nSPS) is 12.4. The van der Waals surface area contributed by atoms with Gasteiger partial charge in [-0.15, -0.1) is 0 Å². The minimum absolute atomic E-state index is 0.585. The van der Waals surface area contributed by atoms with Gasteiger partial charge in [0.05, 0.1) is 0 Å². The molecule has 0 N–H and O–H groups in total. The van der Waals surface area contributed by atoms with Crippen LogP contribution in [0.25, 0.3) is 0 Å². The maximum Gasteiger partial charge on any atom is 0.0130 e. The van der Waals surface area contributed by atoms with E-state index in [4.69, 9.17) is 0 Å². The molecular formula is C15H15I. The fourth-order valence-corrected chi connectivity index (χ4v) is 2.23. The van der Waals surface area contributed by atoms with Crippen LogP contribution in [0.15, 0.2) is 54.6 Å². The van der Waals surface area contributed by atoms with E-state index < -0.39 is 0 Å². The lowest BCUT2D eigenvalue weighted by atomic mass is 9.94. The van der Waals surface area contributed by atoms with Crippen molar-refractivity contribution in [3.8, 4) is 0 Å². The number of hydrogen-bond donors (Lipinski definition) is 0. The molecule has 0 spiro atoms. The van der Waals surface area contributed by atoms with Crippen LogP contribution < -0.4 is 0 Å². The molecule has 1 atom stereocenters. The van der Waals surface area contributed by atoms with Gasteiger partial charge in [0.25, 0.3) is 0 Å². The van der Waals surface area contributed by atoms with Gasteiger partial charge in [-0.3, -0.25) is 0 Å². The smallest absolute Gasteiger partial charge is 0.0130 e. The molecule has 0 saturated carbocycles. The highest BCUT2D eigenvalue weighted by atomic mass is 127. The van der Waals surface area contributed by atoms with Crippen molar-refractivity contribution in [2.24, 2.45) is 0 Å². The van der Waals surface area contributed by atoms with Crippen molar-refractivity contribution in [1.29, 1.82) is 0 Å². The lowest BCUT2D eigenvalue weighted by Crippen LogP contribution is -1.97. The first-order valence-corrected chi connectivity index (χ1v) is 6.63. The van der Waals surface area contributed by atoms with Crippen molar-refractivity contribution in [2.45, 2.75) is 19.3 Å². The minimum Gasteiger partial charge on any atom is -0.0622 e. The first-order chi connectivity index (χ1) is 7.75. The van der Waals surface area contributed by atoms with Crippen LogP contribution in [0.1, 0.15) is 24.0 Å². The van der Waals surface area contributed by atoms with E-state index in [-0.39, 0.29) is 0 Å². The summed E-state index contributed by atoms with van der Waals surface area (Å²) in [5.74, 6) is 0.585. The topological polar surface area (TPSA) is 0 Å². The zero-order valence-corrected chi connectivity index (χ0v) is 11.5. The molecule has 2 aromatic rings. The average molecular weight is 322 g/mol. The highest BCUT2D eigenvalue weighted by Crippen LogP contribution is 2.20. The second-order valence-electron chi connectivity index (χ2n) is 4.14. The van der Waals surface area contributed by atoms with Crippen LogP contribution >= 0.6 is 22.6 Å². The fraction of sp³-hybridized carbons (Fsp3) is 0.200. The van der Waals surface area contributed by atoms with Crippen LogP contribution in [-0.2, 0) is 6.42 Å². The first kappa shape index (κ1) is 11.6. The molecule has 0 radical (unpaired) electrons. The van der Waals surface area contributed by atoms with Crippen LogP contribution in [0.3, 0.4) is 0 Å². The minimum atomic E-state index is 0.585. The van der Waals surface area contributed by atoms with Crippen molar-refractivity contribution >= 4 is 22.6 Å².